The van der Waals surface area contributed by atoms with Crippen LogP contribution >= 0.6 is 23.2 Å². The average Bonchev–Trinajstić information content (AvgIpc) is 2.79. The first-order valence-electron chi connectivity index (χ1n) is 6.34. The van der Waals surface area contributed by atoms with E-state index in [0.29, 0.717) is 10.6 Å². The smallest absolute Gasteiger partial charge is 0.280 e. The lowest BCUT2D eigenvalue weighted by Gasteiger charge is -2.09. The van der Waals surface area contributed by atoms with Gasteiger partial charge in [0.25, 0.3) is 15.9 Å². The zero-order chi connectivity index (χ0) is 16.6. The number of hydrogen-bond acceptors (Lipinski definition) is 4. The van der Waals surface area contributed by atoms with Crippen molar-refractivity contribution >= 4 is 45.0 Å². The number of nitrogens with zero attached hydrogens (tertiary/aromatic N) is 1. The molecule has 2 N–H and O–H groups in total. The van der Waals surface area contributed by atoms with Crippen LogP contribution in [-0.2, 0) is 10.0 Å². The maximum absolute atomic E-state index is 12.1. The van der Waals surface area contributed by atoms with Crippen LogP contribution in [0.3, 0.4) is 0 Å². The number of amidine groups is 1. The highest BCUT2D eigenvalue weighted by molar-refractivity contribution is 7.90. The van der Waals surface area contributed by atoms with Gasteiger partial charge >= 0.3 is 0 Å². The van der Waals surface area contributed by atoms with Crippen LogP contribution < -0.4 is 10.9 Å². The van der Waals surface area contributed by atoms with Gasteiger partial charge in [-0.1, -0.05) is 35.3 Å². The average molecular weight is 370 g/mol. The minimum Gasteiger partial charge on any atom is -0.280 e. The lowest BCUT2D eigenvalue weighted by molar-refractivity contribution is 0.0944. The van der Waals surface area contributed by atoms with Crippen molar-refractivity contribution in [3.63, 3.8) is 0 Å². The van der Waals surface area contributed by atoms with Crippen LogP contribution in [0.5, 0.6) is 0 Å². The molecule has 1 aliphatic heterocycles. The van der Waals surface area contributed by atoms with Crippen molar-refractivity contribution in [2.75, 3.05) is 0 Å². The van der Waals surface area contributed by atoms with Gasteiger partial charge in [-0.15, -0.1) is 4.40 Å². The minimum absolute atomic E-state index is 0.0500. The number of fused-ring (bicyclic) bond motifs is 1. The Morgan fingerprint density at radius 3 is 2.52 bits per heavy atom. The zero-order valence-electron chi connectivity index (χ0n) is 11.4. The number of carbonyl (C=O) groups excluding carboxylic acids is 1. The predicted molar refractivity (Wildman–Crippen MR) is 87.2 cm³/mol. The highest BCUT2D eigenvalue weighted by Crippen LogP contribution is 2.25. The molecule has 23 heavy (non-hydrogen) atoms. The lowest BCUT2D eigenvalue weighted by Crippen LogP contribution is -2.41. The molecule has 118 valence electrons. The molecule has 0 saturated heterocycles. The summed E-state index contributed by atoms with van der Waals surface area (Å²) in [5, 5.41) is 0.571. The van der Waals surface area contributed by atoms with Gasteiger partial charge in [-0.05, 0) is 30.3 Å². The fourth-order valence-electron chi connectivity index (χ4n) is 2.02. The summed E-state index contributed by atoms with van der Waals surface area (Å²) in [6.07, 6.45) is 0. The molecule has 3 rings (SSSR count). The minimum atomic E-state index is -3.74. The van der Waals surface area contributed by atoms with Crippen molar-refractivity contribution in [3.05, 3.63) is 63.6 Å². The molecular weight excluding hydrogens is 361 g/mol. The highest BCUT2D eigenvalue weighted by atomic mass is 35.5. The number of halogens is 2. The summed E-state index contributed by atoms with van der Waals surface area (Å²) in [5.41, 5.74) is 5.56. The van der Waals surface area contributed by atoms with Crippen LogP contribution in [0.15, 0.2) is 51.8 Å². The molecule has 2 aromatic rings. The molecule has 2 aromatic carbocycles. The molecule has 0 fully saturated rings. The van der Waals surface area contributed by atoms with E-state index in [9.17, 15) is 13.2 Å². The molecule has 9 heteroatoms. The fourth-order valence-corrected chi connectivity index (χ4v) is 3.50. The number of sulfonamides is 1. The summed E-state index contributed by atoms with van der Waals surface area (Å²) >= 11 is 11.6. The molecule has 0 aliphatic carbocycles. The molecule has 6 nitrogen and oxygen atoms in total. The zero-order valence-corrected chi connectivity index (χ0v) is 13.7. The van der Waals surface area contributed by atoms with E-state index in [4.69, 9.17) is 23.2 Å². The van der Waals surface area contributed by atoms with Crippen molar-refractivity contribution in [1.82, 2.24) is 10.9 Å². The van der Waals surface area contributed by atoms with E-state index in [1.165, 1.54) is 24.3 Å². The first-order chi connectivity index (χ1) is 10.9. The first-order valence-corrected chi connectivity index (χ1v) is 8.54. The first kappa shape index (κ1) is 15.8. The molecule has 0 atom stereocenters. The Kier molecular flexibility index (Phi) is 4.01. The van der Waals surface area contributed by atoms with Gasteiger partial charge in [-0.2, -0.15) is 8.42 Å². The maximum atomic E-state index is 12.1. The number of hydrazine groups is 1. The molecule has 1 aliphatic rings. The molecule has 0 spiro atoms. The number of amides is 1. The van der Waals surface area contributed by atoms with E-state index in [1.54, 1.807) is 18.2 Å². The van der Waals surface area contributed by atoms with Gasteiger partial charge in [0.15, 0.2) is 5.84 Å². The summed E-state index contributed by atoms with van der Waals surface area (Å²) < 4.78 is 27.4. The number of hydrogen-bond donors (Lipinski definition) is 2. The van der Waals surface area contributed by atoms with E-state index in [0.717, 1.165) is 0 Å². The molecule has 1 amide bonds. The summed E-state index contributed by atoms with van der Waals surface area (Å²) in [6.45, 7) is 0. The van der Waals surface area contributed by atoms with Crippen molar-refractivity contribution in [2.24, 2.45) is 4.40 Å². The van der Waals surface area contributed by atoms with Gasteiger partial charge in [0.1, 0.15) is 4.90 Å². The molecule has 0 aromatic heterocycles. The molecule has 0 saturated carbocycles. The summed E-state index contributed by atoms with van der Waals surface area (Å²) in [4.78, 5) is 12.1. The van der Waals surface area contributed by atoms with Crippen LogP contribution in [0, 0.1) is 0 Å². The third-order valence-corrected chi connectivity index (χ3v) is 5.18. The van der Waals surface area contributed by atoms with Crippen molar-refractivity contribution in [1.29, 1.82) is 0 Å². The number of benzene rings is 2. The number of rotatable bonds is 1. The van der Waals surface area contributed by atoms with Gasteiger partial charge in [0.2, 0.25) is 0 Å². The molecule has 1 heterocycles. The lowest BCUT2D eigenvalue weighted by atomic mass is 10.2. The van der Waals surface area contributed by atoms with E-state index < -0.39 is 15.9 Å². The second-order valence-electron chi connectivity index (χ2n) is 4.62. The Balaban J connectivity index is 1.79. The number of carbonyl (C=O) groups is 1. The predicted octanol–water partition coefficient (Wildman–Crippen LogP) is 2.38. The SMILES string of the molecule is O=C(NNC1=NS(=O)(=O)c2ccccc21)c1ccc(Cl)c(Cl)c1. The van der Waals surface area contributed by atoms with Crippen LogP contribution in [0.2, 0.25) is 10.0 Å². The third-order valence-electron chi connectivity index (χ3n) is 3.11. The molecule has 0 unspecified atom stereocenters. The van der Waals surface area contributed by atoms with Crippen LogP contribution in [-0.4, -0.2) is 20.2 Å². The molecule has 0 bridgehead atoms. The normalized spacial score (nSPS) is 14.8. The monoisotopic (exact) mass is 369 g/mol. The topological polar surface area (TPSA) is 87.6 Å². The largest absolute Gasteiger partial charge is 0.285 e. The van der Waals surface area contributed by atoms with Crippen LogP contribution in [0.1, 0.15) is 15.9 Å². The van der Waals surface area contributed by atoms with Crippen LogP contribution in [0.25, 0.3) is 0 Å². The second kappa shape index (κ2) is 5.84. The highest BCUT2D eigenvalue weighted by Gasteiger charge is 2.28. The van der Waals surface area contributed by atoms with E-state index in [2.05, 4.69) is 15.2 Å². The van der Waals surface area contributed by atoms with E-state index >= 15 is 0 Å². The van der Waals surface area contributed by atoms with Gasteiger partial charge in [0.05, 0.1) is 10.0 Å². The standard InChI is InChI=1S/C14H9Cl2N3O3S/c15-10-6-5-8(7-11(10)16)14(20)18-17-13-9-3-1-2-4-12(9)23(21,22)19-13/h1-7H,(H,17,19)(H,18,20). The third kappa shape index (κ3) is 3.03. The van der Waals surface area contributed by atoms with Crippen LogP contribution in [0.4, 0.5) is 0 Å². The van der Waals surface area contributed by atoms with E-state index in [-0.39, 0.29) is 21.3 Å². The van der Waals surface area contributed by atoms with Gasteiger partial charge in [-0.25, -0.2) is 0 Å². The Morgan fingerprint density at radius 2 is 1.78 bits per heavy atom. The quantitative estimate of drug-likeness (QED) is 0.755. The molecular formula is C14H9Cl2N3O3S. The molecule has 0 radical (unpaired) electrons. The van der Waals surface area contributed by atoms with Crippen molar-refractivity contribution in [3.8, 4) is 0 Å². The Morgan fingerprint density at radius 1 is 1.04 bits per heavy atom. The second-order valence-corrected chi connectivity index (χ2v) is 7.01. The summed E-state index contributed by atoms with van der Waals surface area (Å²) in [7, 11) is -3.74. The van der Waals surface area contributed by atoms with Gasteiger partial charge in [-0.3, -0.25) is 15.6 Å². The van der Waals surface area contributed by atoms with Crippen molar-refractivity contribution < 1.29 is 13.2 Å². The van der Waals surface area contributed by atoms with Gasteiger partial charge in [0, 0.05) is 11.1 Å². The Bertz CT molecular complexity index is 942. The number of nitrogens with one attached hydrogen (secondary N) is 2. The summed E-state index contributed by atoms with van der Waals surface area (Å²) in [5.74, 6) is -0.456. The Hall–Kier alpha value is -2.09. The maximum Gasteiger partial charge on any atom is 0.285 e. The fraction of sp³-hybridized carbons (Fsp3) is 0. The van der Waals surface area contributed by atoms with Gasteiger partial charge < -0.3 is 0 Å². The van der Waals surface area contributed by atoms with Crippen molar-refractivity contribution in [2.45, 2.75) is 4.90 Å². The summed E-state index contributed by atoms with van der Waals surface area (Å²) in [6, 6.07) is 10.7. The van der Waals surface area contributed by atoms with E-state index in [1.807, 2.05) is 0 Å². The Labute approximate surface area is 142 Å².